The molecule has 4 rings (SSSR count). The van der Waals surface area contributed by atoms with Gasteiger partial charge in [0.15, 0.2) is 5.03 Å². The zero-order chi connectivity index (χ0) is 21.1. The highest BCUT2D eigenvalue weighted by atomic mass is 32.2. The summed E-state index contributed by atoms with van der Waals surface area (Å²) in [5.74, 6) is 0. The van der Waals surface area contributed by atoms with Crippen LogP contribution in [0.15, 0.2) is 47.8 Å². The number of methoxy groups -OCH3 is 1. The third-order valence-electron chi connectivity index (χ3n) is 5.18. The minimum Gasteiger partial charge on any atom is -0.383 e. The van der Waals surface area contributed by atoms with Crippen molar-refractivity contribution in [2.24, 2.45) is 0 Å². The average molecular weight is 433 g/mol. The number of rotatable bonds is 6. The minimum atomic E-state index is -3.61. The van der Waals surface area contributed by atoms with Gasteiger partial charge in [-0.3, -0.25) is 5.10 Å². The van der Waals surface area contributed by atoms with Crippen molar-refractivity contribution in [2.75, 3.05) is 45.2 Å². The number of benzene rings is 1. The van der Waals surface area contributed by atoms with E-state index in [1.54, 1.807) is 12.0 Å². The Balaban J connectivity index is 1.39. The monoisotopic (exact) mass is 432 g/mol. The molecule has 0 bridgehead atoms. The molecule has 2 amide bonds. The lowest BCUT2D eigenvalue weighted by molar-refractivity contribution is 0.184. The molecule has 1 aliphatic rings. The van der Waals surface area contributed by atoms with Gasteiger partial charge in [0.1, 0.15) is 0 Å². The fraction of sp³-hybridized carbons (Fsp3) is 0.368. The summed E-state index contributed by atoms with van der Waals surface area (Å²) in [7, 11) is -1.95. The molecule has 3 heterocycles. The van der Waals surface area contributed by atoms with Gasteiger partial charge in [0, 0.05) is 51.7 Å². The van der Waals surface area contributed by atoms with E-state index < -0.39 is 10.0 Å². The fourth-order valence-electron chi connectivity index (χ4n) is 3.51. The zero-order valence-electron chi connectivity index (χ0n) is 16.6. The van der Waals surface area contributed by atoms with Crippen molar-refractivity contribution in [1.82, 2.24) is 24.0 Å². The number of fused-ring (bicyclic) bond motifs is 1. The van der Waals surface area contributed by atoms with Crippen molar-refractivity contribution in [1.29, 1.82) is 0 Å². The van der Waals surface area contributed by atoms with E-state index in [4.69, 9.17) is 4.74 Å². The van der Waals surface area contributed by atoms with E-state index in [1.165, 1.54) is 16.6 Å². The lowest BCUT2D eigenvalue weighted by Crippen LogP contribution is -2.51. The highest BCUT2D eigenvalue weighted by Gasteiger charge is 2.31. The van der Waals surface area contributed by atoms with Crippen LogP contribution in [0.1, 0.15) is 0 Å². The van der Waals surface area contributed by atoms with Gasteiger partial charge in [-0.15, -0.1) is 0 Å². The van der Waals surface area contributed by atoms with Crippen molar-refractivity contribution in [3.8, 4) is 0 Å². The maximum absolute atomic E-state index is 12.7. The van der Waals surface area contributed by atoms with E-state index in [2.05, 4.69) is 20.1 Å². The van der Waals surface area contributed by atoms with Gasteiger partial charge in [0.05, 0.1) is 18.3 Å². The van der Waals surface area contributed by atoms with Crippen molar-refractivity contribution >= 4 is 32.6 Å². The SMILES string of the molecule is COCCn1ccc2ccc(NC(=O)N3CCN(S(=O)(=O)c4ccn[nH]4)CC3)cc21. The summed E-state index contributed by atoms with van der Waals surface area (Å²) >= 11 is 0. The van der Waals surface area contributed by atoms with Crippen molar-refractivity contribution < 1.29 is 17.9 Å². The molecule has 3 aromatic rings. The maximum atomic E-state index is 12.7. The van der Waals surface area contributed by atoms with Crippen molar-refractivity contribution in [2.45, 2.75) is 11.6 Å². The first kappa shape index (κ1) is 20.4. The van der Waals surface area contributed by atoms with Crippen LogP contribution >= 0.6 is 0 Å². The topological polar surface area (TPSA) is 113 Å². The van der Waals surface area contributed by atoms with Crippen molar-refractivity contribution in [3.63, 3.8) is 0 Å². The maximum Gasteiger partial charge on any atom is 0.321 e. The van der Waals surface area contributed by atoms with Crippen LogP contribution in [0.3, 0.4) is 0 Å². The van der Waals surface area contributed by atoms with Crippen LogP contribution < -0.4 is 5.32 Å². The molecular weight excluding hydrogens is 408 g/mol. The van der Waals surface area contributed by atoms with Crippen LogP contribution in [0.25, 0.3) is 10.9 Å². The van der Waals surface area contributed by atoms with Gasteiger partial charge < -0.3 is 19.5 Å². The molecule has 0 spiro atoms. The Labute approximate surface area is 174 Å². The number of nitrogens with one attached hydrogen (secondary N) is 2. The first-order valence-corrected chi connectivity index (χ1v) is 11.1. The number of carbonyl (C=O) groups excluding carboxylic acids is 1. The van der Waals surface area contributed by atoms with Crippen LogP contribution in [0.5, 0.6) is 0 Å². The lowest BCUT2D eigenvalue weighted by atomic mass is 10.2. The van der Waals surface area contributed by atoms with Crippen LogP contribution in [0, 0.1) is 0 Å². The van der Waals surface area contributed by atoms with Gasteiger partial charge in [-0.2, -0.15) is 9.40 Å². The third kappa shape index (κ3) is 4.04. The van der Waals surface area contributed by atoms with E-state index in [1.807, 2.05) is 30.5 Å². The van der Waals surface area contributed by atoms with Crippen LogP contribution in [0.2, 0.25) is 0 Å². The number of amides is 2. The number of hydrogen-bond donors (Lipinski definition) is 2. The molecule has 1 fully saturated rings. The molecule has 0 unspecified atom stereocenters. The Kier molecular flexibility index (Phi) is 5.75. The molecule has 2 aromatic heterocycles. The lowest BCUT2D eigenvalue weighted by Gasteiger charge is -2.33. The molecule has 2 N–H and O–H groups in total. The van der Waals surface area contributed by atoms with E-state index in [0.29, 0.717) is 25.4 Å². The quantitative estimate of drug-likeness (QED) is 0.614. The van der Waals surface area contributed by atoms with Gasteiger partial charge in [-0.05, 0) is 29.7 Å². The largest absolute Gasteiger partial charge is 0.383 e. The Morgan fingerprint density at radius 2 is 2.00 bits per heavy atom. The molecular formula is C19H24N6O4S. The Hall–Kier alpha value is -2.89. The molecule has 0 saturated carbocycles. The van der Waals surface area contributed by atoms with Gasteiger partial charge in [0.2, 0.25) is 0 Å². The Bertz CT molecular complexity index is 1120. The second kappa shape index (κ2) is 8.46. The van der Waals surface area contributed by atoms with E-state index >= 15 is 0 Å². The standard InChI is InChI=1S/C19H24N6O4S/c1-29-13-12-23-7-5-15-2-3-16(14-17(15)23)21-19(26)24-8-10-25(11-9-24)30(27,28)18-4-6-20-22-18/h2-7,14H,8-13H2,1H3,(H,20,22)(H,21,26). The van der Waals surface area contributed by atoms with Crippen LogP contribution in [-0.4, -0.2) is 78.3 Å². The molecule has 11 heteroatoms. The molecule has 0 atom stereocenters. The summed E-state index contributed by atoms with van der Waals surface area (Å²) in [5, 5.41) is 10.2. The highest BCUT2D eigenvalue weighted by molar-refractivity contribution is 7.89. The van der Waals surface area contributed by atoms with E-state index in [9.17, 15) is 13.2 Å². The number of aromatic nitrogens is 3. The van der Waals surface area contributed by atoms with Gasteiger partial charge in [-0.25, -0.2) is 13.2 Å². The van der Waals surface area contributed by atoms with Crippen LogP contribution in [0.4, 0.5) is 10.5 Å². The smallest absolute Gasteiger partial charge is 0.321 e. The van der Waals surface area contributed by atoms with Gasteiger partial charge in [0.25, 0.3) is 10.0 Å². The summed E-state index contributed by atoms with van der Waals surface area (Å²) in [6.45, 7) is 2.41. The highest BCUT2D eigenvalue weighted by Crippen LogP contribution is 2.21. The molecule has 1 aromatic carbocycles. The van der Waals surface area contributed by atoms with Gasteiger partial charge >= 0.3 is 6.03 Å². The summed E-state index contributed by atoms with van der Waals surface area (Å²) in [5.41, 5.74) is 1.71. The summed E-state index contributed by atoms with van der Waals surface area (Å²) in [6.07, 6.45) is 3.40. The Morgan fingerprint density at radius 1 is 1.20 bits per heavy atom. The number of hydrogen-bond acceptors (Lipinski definition) is 5. The second-order valence-corrected chi connectivity index (χ2v) is 8.92. The fourth-order valence-corrected chi connectivity index (χ4v) is 4.83. The van der Waals surface area contributed by atoms with Gasteiger partial charge in [-0.1, -0.05) is 6.07 Å². The minimum absolute atomic E-state index is 0.0604. The molecule has 0 radical (unpaired) electrons. The summed E-state index contributed by atoms with van der Waals surface area (Å²) < 4.78 is 33.7. The molecule has 0 aliphatic carbocycles. The molecule has 30 heavy (non-hydrogen) atoms. The van der Waals surface area contributed by atoms with Crippen LogP contribution in [-0.2, 0) is 21.3 Å². The number of H-pyrrole nitrogens is 1. The number of aromatic amines is 1. The number of urea groups is 1. The predicted molar refractivity (Wildman–Crippen MR) is 112 cm³/mol. The second-order valence-electron chi connectivity index (χ2n) is 7.02. The third-order valence-corrected chi connectivity index (χ3v) is 7.01. The van der Waals surface area contributed by atoms with E-state index in [-0.39, 0.29) is 24.1 Å². The number of nitrogens with zero attached hydrogens (tertiary/aromatic N) is 4. The number of piperazine rings is 1. The summed E-state index contributed by atoms with van der Waals surface area (Å²) in [6, 6.07) is 8.95. The molecule has 10 nitrogen and oxygen atoms in total. The zero-order valence-corrected chi connectivity index (χ0v) is 17.4. The number of sulfonamides is 1. The Morgan fingerprint density at radius 3 is 2.70 bits per heavy atom. The number of ether oxygens (including phenoxy) is 1. The molecule has 160 valence electrons. The first-order chi connectivity index (χ1) is 14.5. The molecule has 1 aliphatic heterocycles. The number of carbonyl (C=O) groups is 1. The normalized spacial score (nSPS) is 15.6. The van der Waals surface area contributed by atoms with E-state index in [0.717, 1.165) is 17.4 Å². The predicted octanol–water partition coefficient (Wildman–Crippen LogP) is 1.55. The first-order valence-electron chi connectivity index (χ1n) is 9.62. The number of anilines is 1. The average Bonchev–Trinajstić information content (AvgIpc) is 3.43. The summed E-state index contributed by atoms with van der Waals surface area (Å²) in [4.78, 5) is 14.3. The molecule has 1 saturated heterocycles. The van der Waals surface area contributed by atoms with Crippen molar-refractivity contribution in [3.05, 3.63) is 42.7 Å².